The summed E-state index contributed by atoms with van der Waals surface area (Å²) in [5.41, 5.74) is 0. The molecule has 0 aromatic rings. The SMILES string of the molecule is CCCCOC(=O)N1CC[C@H]1C(C)=O. The van der Waals surface area contributed by atoms with Crippen LogP contribution < -0.4 is 0 Å². The number of unbranched alkanes of at least 4 members (excludes halogenated alkanes) is 1. The molecule has 4 heteroatoms. The average molecular weight is 199 g/mol. The minimum Gasteiger partial charge on any atom is -0.449 e. The molecule has 4 nitrogen and oxygen atoms in total. The maximum atomic E-state index is 11.4. The van der Waals surface area contributed by atoms with E-state index in [9.17, 15) is 9.59 Å². The number of Topliss-reactive ketones (excluding diaryl/α,β-unsaturated/α-hetero) is 1. The molecule has 14 heavy (non-hydrogen) atoms. The Labute approximate surface area is 84.2 Å². The van der Waals surface area contributed by atoms with Crippen LogP contribution in [0, 0.1) is 0 Å². The summed E-state index contributed by atoms with van der Waals surface area (Å²) in [6, 6.07) is -0.232. The zero-order valence-electron chi connectivity index (χ0n) is 8.78. The molecule has 0 aromatic heterocycles. The number of carbonyl (C=O) groups is 2. The van der Waals surface area contributed by atoms with Crippen molar-refractivity contribution in [1.29, 1.82) is 0 Å². The highest BCUT2D eigenvalue weighted by molar-refractivity contribution is 5.86. The van der Waals surface area contributed by atoms with E-state index in [1.165, 1.54) is 11.8 Å². The van der Waals surface area contributed by atoms with Crippen molar-refractivity contribution in [2.24, 2.45) is 0 Å². The first kappa shape index (κ1) is 11.0. The molecule has 0 N–H and O–H groups in total. The number of ether oxygens (including phenoxy) is 1. The predicted molar refractivity (Wildman–Crippen MR) is 52.0 cm³/mol. The molecule has 0 bridgehead atoms. The van der Waals surface area contributed by atoms with E-state index >= 15 is 0 Å². The fraction of sp³-hybridized carbons (Fsp3) is 0.800. The number of hydrogen-bond acceptors (Lipinski definition) is 3. The van der Waals surface area contributed by atoms with Crippen molar-refractivity contribution in [1.82, 2.24) is 4.90 Å². The lowest BCUT2D eigenvalue weighted by molar-refractivity contribution is -0.125. The van der Waals surface area contributed by atoms with Gasteiger partial charge in [-0.1, -0.05) is 13.3 Å². The Morgan fingerprint density at radius 2 is 2.21 bits per heavy atom. The molecule has 1 rings (SSSR count). The van der Waals surface area contributed by atoms with E-state index in [0.717, 1.165) is 19.3 Å². The number of amides is 1. The maximum absolute atomic E-state index is 11.4. The Morgan fingerprint density at radius 1 is 1.50 bits per heavy atom. The first-order chi connectivity index (χ1) is 6.66. The molecule has 1 aliphatic rings. The number of nitrogens with zero attached hydrogens (tertiary/aromatic N) is 1. The highest BCUT2D eigenvalue weighted by Gasteiger charge is 2.36. The molecule has 1 heterocycles. The third kappa shape index (κ3) is 2.47. The molecule has 1 aliphatic heterocycles. The zero-order valence-corrected chi connectivity index (χ0v) is 8.78. The van der Waals surface area contributed by atoms with Gasteiger partial charge in [-0.3, -0.25) is 9.69 Å². The van der Waals surface area contributed by atoms with Crippen LogP contribution in [-0.2, 0) is 9.53 Å². The molecule has 0 aliphatic carbocycles. The third-order valence-corrected chi connectivity index (χ3v) is 2.45. The standard InChI is InChI=1S/C10H17NO3/c1-3-4-7-14-10(13)11-6-5-9(11)8(2)12/h9H,3-7H2,1-2H3/t9-/m0/s1. The van der Waals surface area contributed by atoms with Gasteiger partial charge in [0.2, 0.25) is 0 Å². The molecule has 0 radical (unpaired) electrons. The minimum absolute atomic E-state index is 0.0451. The van der Waals surface area contributed by atoms with E-state index in [2.05, 4.69) is 0 Å². The van der Waals surface area contributed by atoms with Crippen LogP contribution in [-0.4, -0.2) is 36.0 Å². The molecule has 1 atom stereocenters. The quantitative estimate of drug-likeness (QED) is 0.646. The van der Waals surface area contributed by atoms with E-state index in [0.29, 0.717) is 13.2 Å². The number of ketones is 1. The van der Waals surface area contributed by atoms with Crippen molar-refractivity contribution in [2.75, 3.05) is 13.2 Å². The monoisotopic (exact) mass is 199 g/mol. The highest BCUT2D eigenvalue weighted by atomic mass is 16.6. The average Bonchev–Trinajstić information content (AvgIpc) is 2.01. The van der Waals surface area contributed by atoms with Gasteiger partial charge in [0, 0.05) is 6.54 Å². The van der Waals surface area contributed by atoms with Gasteiger partial charge in [0.15, 0.2) is 5.78 Å². The fourth-order valence-electron chi connectivity index (χ4n) is 1.42. The summed E-state index contributed by atoms with van der Waals surface area (Å²) in [7, 11) is 0. The van der Waals surface area contributed by atoms with Crippen LogP contribution in [0.3, 0.4) is 0 Å². The second kappa shape index (κ2) is 4.98. The smallest absolute Gasteiger partial charge is 0.410 e. The summed E-state index contributed by atoms with van der Waals surface area (Å²) in [5, 5.41) is 0. The van der Waals surface area contributed by atoms with Gasteiger partial charge in [-0.05, 0) is 19.8 Å². The van der Waals surface area contributed by atoms with Gasteiger partial charge in [0.1, 0.15) is 0 Å². The molecule has 1 amide bonds. The third-order valence-electron chi connectivity index (χ3n) is 2.45. The van der Waals surface area contributed by atoms with Crippen molar-refractivity contribution in [3.05, 3.63) is 0 Å². The van der Waals surface area contributed by atoms with Gasteiger partial charge in [-0.25, -0.2) is 4.79 Å². The van der Waals surface area contributed by atoms with E-state index in [1.54, 1.807) is 0 Å². The number of likely N-dealkylation sites (tertiary alicyclic amines) is 1. The lowest BCUT2D eigenvalue weighted by Gasteiger charge is -2.38. The summed E-state index contributed by atoms with van der Waals surface area (Å²) in [5.74, 6) is 0.0451. The Balaban J connectivity index is 2.27. The summed E-state index contributed by atoms with van der Waals surface area (Å²) in [6.07, 6.45) is 2.32. The first-order valence-electron chi connectivity index (χ1n) is 5.10. The second-order valence-electron chi connectivity index (χ2n) is 3.58. The van der Waals surface area contributed by atoms with Crippen LogP contribution in [0.2, 0.25) is 0 Å². The normalized spacial score (nSPS) is 20.1. The minimum atomic E-state index is -0.343. The van der Waals surface area contributed by atoms with E-state index < -0.39 is 0 Å². The van der Waals surface area contributed by atoms with E-state index in [-0.39, 0.29) is 17.9 Å². The van der Waals surface area contributed by atoms with Gasteiger partial charge in [0.25, 0.3) is 0 Å². The topological polar surface area (TPSA) is 46.6 Å². The van der Waals surface area contributed by atoms with Crippen LogP contribution in [0.1, 0.15) is 33.1 Å². The second-order valence-corrected chi connectivity index (χ2v) is 3.58. The van der Waals surface area contributed by atoms with Gasteiger partial charge >= 0.3 is 6.09 Å². The van der Waals surface area contributed by atoms with Crippen LogP contribution in [0.4, 0.5) is 4.79 Å². The Morgan fingerprint density at radius 3 is 2.64 bits per heavy atom. The maximum Gasteiger partial charge on any atom is 0.410 e. The highest BCUT2D eigenvalue weighted by Crippen LogP contribution is 2.19. The predicted octanol–water partition coefficient (Wildman–Crippen LogP) is 1.59. The van der Waals surface area contributed by atoms with Crippen LogP contribution in [0.15, 0.2) is 0 Å². The molecule has 0 saturated carbocycles. The summed E-state index contributed by atoms with van der Waals surface area (Å²) in [6.45, 7) is 4.65. The Bertz CT molecular complexity index is 227. The van der Waals surface area contributed by atoms with Crippen molar-refractivity contribution >= 4 is 11.9 Å². The van der Waals surface area contributed by atoms with Gasteiger partial charge in [0.05, 0.1) is 12.6 Å². The van der Waals surface area contributed by atoms with E-state index in [4.69, 9.17) is 4.74 Å². The van der Waals surface area contributed by atoms with Crippen molar-refractivity contribution in [2.45, 2.75) is 39.2 Å². The Kier molecular flexibility index (Phi) is 3.92. The zero-order chi connectivity index (χ0) is 10.6. The summed E-state index contributed by atoms with van der Waals surface area (Å²) < 4.78 is 5.00. The number of rotatable bonds is 4. The lowest BCUT2D eigenvalue weighted by Crippen LogP contribution is -2.54. The number of carbonyl (C=O) groups excluding carboxylic acids is 2. The lowest BCUT2D eigenvalue weighted by atomic mass is 10.0. The van der Waals surface area contributed by atoms with Crippen LogP contribution in [0.25, 0.3) is 0 Å². The van der Waals surface area contributed by atoms with Crippen LogP contribution in [0.5, 0.6) is 0 Å². The molecular formula is C10H17NO3. The summed E-state index contributed by atoms with van der Waals surface area (Å²) in [4.78, 5) is 23.9. The molecule has 0 aromatic carbocycles. The van der Waals surface area contributed by atoms with Crippen molar-refractivity contribution in [3.8, 4) is 0 Å². The number of hydrogen-bond donors (Lipinski definition) is 0. The van der Waals surface area contributed by atoms with Gasteiger partial charge < -0.3 is 4.74 Å². The molecule has 1 fully saturated rings. The summed E-state index contributed by atoms with van der Waals surface area (Å²) >= 11 is 0. The van der Waals surface area contributed by atoms with E-state index in [1.807, 2.05) is 6.92 Å². The molecule has 1 saturated heterocycles. The molecular weight excluding hydrogens is 182 g/mol. The molecule has 80 valence electrons. The fourth-order valence-corrected chi connectivity index (χ4v) is 1.42. The van der Waals surface area contributed by atoms with Gasteiger partial charge in [-0.2, -0.15) is 0 Å². The van der Waals surface area contributed by atoms with Crippen molar-refractivity contribution in [3.63, 3.8) is 0 Å². The first-order valence-corrected chi connectivity index (χ1v) is 5.10. The largest absolute Gasteiger partial charge is 0.449 e. The van der Waals surface area contributed by atoms with Gasteiger partial charge in [-0.15, -0.1) is 0 Å². The van der Waals surface area contributed by atoms with Crippen molar-refractivity contribution < 1.29 is 14.3 Å². The Hall–Kier alpha value is -1.06. The molecule has 0 spiro atoms. The molecule has 0 unspecified atom stereocenters. The van der Waals surface area contributed by atoms with Crippen LogP contribution >= 0.6 is 0 Å².